The Hall–Kier alpha value is -2.09. The standard InChI is InChI=1S/C24H37N3O2/c1-5-7-8-20(6-2)17-29-22(28)10-9-18(3)23-19(4)12-14-26-24(23)27-15-21(16-27)11-13-25/h12,14,18,20-21H,5-11,15-17H2,1-4H3. The van der Waals surface area contributed by atoms with Gasteiger partial charge in [-0.3, -0.25) is 4.79 Å². The highest BCUT2D eigenvalue weighted by molar-refractivity contribution is 5.69. The van der Waals surface area contributed by atoms with E-state index >= 15 is 0 Å². The Morgan fingerprint density at radius 2 is 2.14 bits per heavy atom. The molecule has 29 heavy (non-hydrogen) atoms. The molecule has 2 unspecified atom stereocenters. The molecule has 1 aliphatic rings. The van der Waals surface area contributed by atoms with E-state index in [-0.39, 0.29) is 11.9 Å². The first-order chi connectivity index (χ1) is 14.0. The van der Waals surface area contributed by atoms with Gasteiger partial charge in [-0.15, -0.1) is 0 Å². The fourth-order valence-electron chi connectivity index (χ4n) is 4.08. The lowest BCUT2D eigenvalue weighted by molar-refractivity contribution is -0.145. The van der Waals surface area contributed by atoms with Crippen molar-refractivity contribution in [3.63, 3.8) is 0 Å². The monoisotopic (exact) mass is 399 g/mol. The van der Waals surface area contributed by atoms with E-state index < -0.39 is 0 Å². The molecule has 1 saturated heterocycles. The van der Waals surface area contributed by atoms with Crippen LogP contribution in [0, 0.1) is 30.1 Å². The minimum Gasteiger partial charge on any atom is -0.465 e. The third-order valence-corrected chi connectivity index (χ3v) is 6.12. The van der Waals surface area contributed by atoms with Crippen molar-refractivity contribution in [1.82, 2.24) is 4.98 Å². The number of aromatic nitrogens is 1. The lowest BCUT2D eigenvalue weighted by Crippen LogP contribution is -2.47. The number of carbonyl (C=O) groups is 1. The van der Waals surface area contributed by atoms with Crippen molar-refractivity contribution < 1.29 is 9.53 Å². The van der Waals surface area contributed by atoms with Crippen LogP contribution in [0.3, 0.4) is 0 Å². The lowest BCUT2D eigenvalue weighted by atomic mass is 9.90. The van der Waals surface area contributed by atoms with E-state index in [4.69, 9.17) is 10.00 Å². The Kier molecular flexibility index (Phi) is 9.44. The first-order valence-corrected chi connectivity index (χ1v) is 11.2. The first-order valence-electron chi connectivity index (χ1n) is 11.2. The normalized spacial score (nSPS) is 16.0. The van der Waals surface area contributed by atoms with Crippen molar-refractivity contribution in [2.24, 2.45) is 11.8 Å². The van der Waals surface area contributed by atoms with Crippen molar-refractivity contribution in [3.8, 4) is 6.07 Å². The molecule has 0 spiro atoms. The van der Waals surface area contributed by atoms with Gasteiger partial charge in [0.2, 0.25) is 0 Å². The molecule has 0 radical (unpaired) electrons. The van der Waals surface area contributed by atoms with Crippen LogP contribution in [0.2, 0.25) is 0 Å². The fourth-order valence-corrected chi connectivity index (χ4v) is 4.08. The van der Waals surface area contributed by atoms with Gasteiger partial charge in [0.15, 0.2) is 0 Å². The van der Waals surface area contributed by atoms with Gasteiger partial charge < -0.3 is 9.64 Å². The maximum atomic E-state index is 12.3. The summed E-state index contributed by atoms with van der Waals surface area (Å²) in [5, 5.41) is 8.88. The number of anilines is 1. The number of nitrogens with zero attached hydrogens (tertiary/aromatic N) is 3. The van der Waals surface area contributed by atoms with Crippen molar-refractivity contribution >= 4 is 11.8 Å². The summed E-state index contributed by atoms with van der Waals surface area (Å²) in [5.74, 6) is 2.10. The van der Waals surface area contributed by atoms with Gasteiger partial charge in [0.05, 0.1) is 12.7 Å². The smallest absolute Gasteiger partial charge is 0.305 e. The predicted octanol–water partition coefficient (Wildman–Crippen LogP) is 5.38. The molecular weight excluding hydrogens is 362 g/mol. The number of rotatable bonds is 12. The molecule has 0 amide bonds. The van der Waals surface area contributed by atoms with Crippen LogP contribution in [-0.2, 0) is 9.53 Å². The summed E-state index contributed by atoms with van der Waals surface area (Å²) < 4.78 is 5.56. The van der Waals surface area contributed by atoms with Crippen LogP contribution in [-0.4, -0.2) is 30.6 Å². The van der Waals surface area contributed by atoms with Gasteiger partial charge in [0, 0.05) is 43.6 Å². The van der Waals surface area contributed by atoms with Crippen LogP contribution in [0.1, 0.15) is 82.8 Å². The molecule has 1 fully saturated rings. The average molecular weight is 400 g/mol. The van der Waals surface area contributed by atoms with Crippen LogP contribution < -0.4 is 4.90 Å². The minimum absolute atomic E-state index is 0.0899. The summed E-state index contributed by atoms with van der Waals surface area (Å²) in [6, 6.07) is 4.30. The van der Waals surface area contributed by atoms with Crippen LogP contribution >= 0.6 is 0 Å². The van der Waals surface area contributed by atoms with Gasteiger partial charge in [-0.05, 0) is 43.2 Å². The molecule has 2 heterocycles. The molecule has 1 aromatic rings. The fraction of sp³-hybridized carbons (Fsp3) is 0.708. The van der Waals surface area contributed by atoms with E-state index in [1.165, 1.54) is 24.0 Å². The third kappa shape index (κ3) is 6.73. The molecule has 0 saturated carbocycles. The zero-order chi connectivity index (χ0) is 21.2. The number of ether oxygens (including phenoxy) is 1. The Morgan fingerprint density at radius 3 is 2.79 bits per heavy atom. The highest BCUT2D eigenvalue weighted by Gasteiger charge is 2.30. The van der Waals surface area contributed by atoms with E-state index in [1.54, 1.807) is 0 Å². The number of pyridine rings is 1. The average Bonchev–Trinajstić information content (AvgIpc) is 2.68. The van der Waals surface area contributed by atoms with Gasteiger partial charge in [-0.1, -0.05) is 40.0 Å². The molecule has 160 valence electrons. The largest absolute Gasteiger partial charge is 0.465 e. The van der Waals surface area contributed by atoms with Crippen LogP contribution in [0.5, 0.6) is 0 Å². The molecular formula is C24H37N3O2. The van der Waals surface area contributed by atoms with Crippen LogP contribution in [0.25, 0.3) is 0 Å². The lowest BCUT2D eigenvalue weighted by Gasteiger charge is -2.41. The molecule has 2 rings (SSSR count). The van der Waals surface area contributed by atoms with Crippen molar-refractivity contribution in [3.05, 3.63) is 23.4 Å². The summed E-state index contributed by atoms with van der Waals surface area (Å²) in [7, 11) is 0. The van der Waals surface area contributed by atoms with E-state index in [9.17, 15) is 4.79 Å². The van der Waals surface area contributed by atoms with Gasteiger partial charge in [0.1, 0.15) is 5.82 Å². The van der Waals surface area contributed by atoms with Gasteiger partial charge in [-0.25, -0.2) is 4.98 Å². The minimum atomic E-state index is -0.0899. The van der Waals surface area contributed by atoms with E-state index in [1.807, 2.05) is 12.3 Å². The Labute approximate surface area is 176 Å². The third-order valence-electron chi connectivity index (χ3n) is 6.12. The zero-order valence-corrected chi connectivity index (χ0v) is 18.6. The van der Waals surface area contributed by atoms with Gasteiger partial charge in [0.25, 0.3) is 0 Å². The highest BCUT2D eigenvalue weighted by Crippen LogP contribution is 2.35. The number of nitriles is 1. The number of hydrogen-bond acceptors (Lipinski definition) is 5. The molecule has 2 atom stereocenters. The second-order valence-electron chi connectivity index (χ2n) is 8.54. The maximum Gasteiger partial charge on any atom is 0.305 e. The number of unbranched alkanes of at least 4 members (excludes halogenated alkanes) is 1. The van der Waals surface area contributed by atoms with Gasteiger partial charge in [-0.2, -0.15) is 5.26 Å². The Bertz CT molecular complexity index is 692. The SMILES string of the molecule is CCCCC(CC)COC(=O)CCC(C)c1c(C)ccnc1N1CC(CC#N)C1. The first kappa shape index (κ1) is 23.2. The quantitative estimate of drug-likeness (QED) is 0.441. The summed E-state index contributed by atoms with van der Waals surface area (Å²) in [6.07, 6.45) is 8.24. The van der Waals surface area contributed by atoms with Crippen molar-refractivity contribution in [2.45, 2.75) is 78.6 Å². The Morgan fingerprint density at radius 1 is 1.38 bits per heavy atom. The highest BCUT2D eigenvalue weighted by atomic mass is 16.5. The summed E-state index contributed by atoms with van der Waals surface area (Å²) in [6.45, 7) is 11.0. The topological polar surface area (TPSA) is 66.2 Å². The van der Waals surface area contributed by atoms with Crippen LogP contribution in [0.4, 0.5) is 5.82 Å². The number of hydrogen-bond donors (Lipinski definition) is 0. The second kappa shape index (κ2) is 11.8. The van der Waals surface area contributed by atoms with Crippen LogP contribution in [0.15, 0.2) is 12.3 Å². The molecule has 0 bridgehead atoms. The molecule has 0 N–H and O–H groups in total. The van der Waals surface area contributed by atoms with Gasteiger partial charge >= 0.3 is 5.97 Å². The summed E-state index contributed by atoms with van der Waals surface area (Å²) >= 11 is 0. The van der Waals surface area contributed by atoms with Crippen molar-refractivity contribution in [1.29, 1.82) is 5.26 Å². The molecule has 1 aromatic heterocycles. The van der Waals surface area contributed by atoms with Crippen molar-refractivity contribution in [2.75, 3.05) is 24.6 Å². The zero-order valence-electron chi connectivity index (χ0n) is 18.6. The number of carbonyl (C=O) groups excluding carboxylic acids is 1. The molecule has 0 aromatic carbocycles. The summed E-state index contributed by atoms with van der Waals surface area (Å²) in [4.78, 5) is 19.2. The number of aryl methyl sites for hydroxylation is 1. The maximum absolute atomic E-state index is 12.3. The Balaban J connectivity index is 1.88. The van der Waals surface area contributed by atoms with E-state index in [0.29, 0.717) is 31.3 Å². The molecule has 1 aliphatic heterocycles. The molecule has 5 heteroatoms. The van der Waals surface area contributed by atoms with E-state index in [0.717, 1.165) is 38.2 Å². The van der Waals surface area contributed by atoms with E-state index in [2.05, 4.69) is 43.6 Å². The molecule has 0 aliphatic carbocycles. The second-order valence-corrected chi connectivity index (χ2v) is 8.54. The number of esters is 1. The molecule has 5 nitrogen and oxygen atoms in total. The summed E-state index contributed by atoms with van der Waals surface area (Å²) in [5.41, 5.74) is 2.44. The predicted molar refractivity (Wildman–Crippen MR) is 117 cm³/mol.